The van der Waals surface area contributed by atoms with Crippen LogP contribution in [0.2, 0.25) is 0 Å². The summed E-state index contributed by atoms with van der Waals surface area (Å²) in [5.74, 6) is 1.86. The normalized spacial score (nSPS) is 27.7. The van der Waals surface area contributed by atoms with Gasteiger partial charge in [0, 0.05) is 42.4 Å². The second-order valence-electron chi connectivity index (χ2n) is 10.1. The number of nitrogens with zero attached hydrogens (tertiary/aromatic N) is 2. The molecule has 3 aliphatic rings. The number of piperidine rings is 1. The molecule has 5 nitrogen and oxygen atoms in total. The van der Waals surface area contributed by atoms with Crippen molar-refractivity contribution in [1.29, 1.82) is 0 Å². The van der Waals surface area contributed by atoms with Crippen LogP contribution in [0, 0.1) is 5.92 Å². The second-order valence-corrected chi connectivity index (χ2v) is 10.1. The number of fused-ring (bicyclic) bond motifs is 3. The van der Waals surface area contributed by atoms with E-state index in [2.05, 4.69) is 17.0 Å². The van der Waals surface area contributed by atoms with Crippen LogP contribution in [0.5, 0.6) is 11.5 Å². The molecule has 0 spiro atoms. The first-order chi connectivity index (χ1) is 15.5. The molecule has 5 heteroatoms. The molecule has 32 heavy (non-hydrogen) atoms. The summed E-state index contributed by atoms with van der Waals surface area (Å²) in [6.07, 6.45) is 4.74. The summed E-state index contributed by atoms with van der Waals surface area (Å²) in [6.45, 7) is 2.71. The third-order valence-electron chi connectivity index (χ3n) is 7.99. The number of aliphatic hydroxyl groups is 1. The number of ether oxygens (including phenoxy) is 1. The predicted octanol–water partition coefficient (Wildman–Crippen LogP) is 3.83. The van der Waals surface area contributed by atoms with Gasteiger partial charge in [-0.15, -0.1) is 0 Å². The van der Waals surface area contributed by atoms with Gasteiger partial charge in [0.2, 0.25) is 0 Å². The first kappa shape index (κ1) is 20.0. The maximum absolute atomic E-state index is 12.3. The summed E-state index contributed by atoms with van der Waals surface area (Å²) in [4.78, 5) is 7.50. The van der Waals surface area contributed by atoms with Gasteiger partial charge in [0.05, 0.1) is 18.2 Å². The van der Waals surface area contributed by atoms with Gasteiger partial charge >= 0.3 is 0 Å². The second kappa shape index (κ2) is 7.19. The van der Waals surface area contributed by atoms with Gasteiger partial charge in [-0.2, -0.15) is 0 Å². The summed E-state index contributed by atoms with van der Waals surface area (Å²) in [7, 11) is 1.68. The van der Waals surface area contributed by atoms with Crippen molar-refractivity contribution < 1.29 is 14.9 Å². The molecule has 166 valence electrons. The lowest BCUT2D eigenvalue weighted by Gasteiger charge is -2.56. The summed E-state index contributed by atoms with van der Waals surface area (Å²) in [5, 5.41) is 23.6. The fourth-order valence-electron chi connectivity index (χ4n) is 6.07. The Morgan fingerprint density at radius 2 is 2.00 bits per heavy atom. The molecular weight excluding hydrogens is 400 g/mol. The largest absolute Gasteiger partial charge is 0.508 e. The lowest BCUT2D eigenvalue weighted by atomic mass is 9.56. The average molecular weight is 431 g/mol. The number of rotatable bonds is 4. The van der Waals surface area contributed by atoms with Crippen LogP contribution in [0.3, 0.4) is 0 Å². The lowest BCUT2D eigenvalue weighted by Crippen LogP contribution is -2.66. The molecule has 0 amide bonds. The number of phenolic OH excluding ortho intramolecular Hbond substituents is 1. The van der Waals surface area contributed by atoms with Crippen LogP contribution in [-0.2, 0) is 18.3 Å². The van der Waals surface area contributed by atoms with E-state index in [0.717, 1.165) is 58.9 Å². The third kappa shape index (κ3) is 3.18. The number of benzene rings is 2. The molecule has 2 aliphatic carbocycles. The van der Waals surface area contributed by atoms with Crippen LogP contribution in [-0.4, -0.2) is 52.4 Å². The van der Waals surface area contributed by atoms with Crippen LogP contribution < -0.4 is 4.74 Å². The van der Waals surface area contributed by atoms with Gasteiger partial charge in [0.1, 0.15) is 11.5 Å². The van der Waals surface area contributed by atoms with Crippen LogP contribution in [0.15, 0.2) is 48.5 Å². The van der Waals surface area contributed by atoms with Crippen molar-refractivity contribution in [3.63, 3.8) is 0 Å². The molecule has 0 unspecified atom stereocenters. The lowest BCUT2D eigenvalue weighted by molar-refractivity contribution is -0.104. The zero-order chi connectivity index (χ0) is 21.9. The molecule has 1 saturated heterocycles. The van der Waals surface area contributed by atoms with Crippen LogP contribution in [0.4, 0.5) is 0 Å². The molecule has 1 aliphatic heterocycles. The fraction of sp³-hybridized carbons (Fsp3) is 0.444. The van der Waals surface area contributed by atoms with Crippen LogP contribution in [0.25, 0.3) is 10.9 Å². The Kier molecular flexibility index (Phi) is 4.50. The van der Waals surface area contributed by atoms with E-state index < -0.39 is 11.0 Å². The van der Waals surface area contributed by atoms with Crippen molar-refractivity contribution in [3.05, 3.63) is 65.4 Å². The number of hydrogen-bond acceptors (Lipinski definition) is 5. The molecule has 2 N–H and O–H groups in total. The Morgan fingerprint density at radius 1 is 1.12 bits per heavy atom. The van der Waals surface area contributed by atoms with E-state index in [1.807, 2.05) is 30.3 Å². The predicted molar refractivity (Wildman–Crippen MR) is 124 cm³/mol. The molecule has 0 bridgehead atoms. The molecule has 1 aromatic heterocycles. The van der Waals surface area contributed by atoms with E-state index in [9.17, 15) is 10.2 Å². The number of aromatic nitrogens is 1. The Balaban J connectivity index is 1.47. The highest BCUT2D eigenvalue weighted by Crippen LogP contribution is 2.51. The van der Waals surface area contributed by atoms with E-state index in [4.69, 9.17) is 9.72 Å². The molecule has 6 rings (SSSR count). The van der Waals surface area contributed by atoms with Crippen molar-refractivity contribution in [3.8, 4) is 11.5 Å². The van der Waals surface area contributed by atoms with Gasteiger partial charge in [0.25, 0.3) is 0 Å². The first-order valence-electron chi connectivity index (χ1n) is 11.7. The maximum Gasteiger partial charge on any atom is 0.119 e. The molecule has 2 atom stereocenters. The minimum Gasteiger partial charge on any atom is -0.508 e. The number of β-amino-alcohol motifs (C(OH)–C–C–N with tert-alkyl or cyclic N) is 1. The van der Waals surface area contributed by atoms with Crippen molar-refractivity contribution >= 4 is 10.9 Å². The minimum absolute atomic E-state index is 0.254. The maximum atomic E-state index is 12.3. The summed E-state index contributed by atoms with van der Waals surface area (Å²) >= 11 is 0. The van der Waals surface area contributed by atoms with Gasteiger partial charge in [-0.25, -0.2) is 0 Å². The Bertz CT molecular complexity index is 1190. The number of methoxy groups -OCH3 is 1. The highest BCUT2D eigenvalue weighted by Gasteiger charge is 2.57. The average Bonchev–Trinajstić information content (AvgIpc) is 3.59. The third-order valence-corrected chi connectivity index (χ3v) is 7.99. The zero-order valence-electron chi connectivity index (χ0n) is 18.6. The molecule has 2 heterocycles. The molecular formula is C27H30N2O3. The quantitative estimate of drug-likeness (QED) is 0.659. The Morgan fingerprint density at radius 3 is 2.78 bits per heavy atom. The number of aromatic hydroxyl groups is 1. The molecule has 2 fully saturated rings. The first-order valence-corrected chi connectivity index (χ1v) is 11.7. The monoisotopic (exact) mass is 430 g/mol. The number of phenols is 1. The topological polar surface area (TPSA) is 65.8 Å². The van der Waals surface area contributed by atoms with E-state index in [-0.39, 0.29) is 5.75 Å². The van der Waals surface area contributed by atoms with Gasteiger partial charge < -0.3 is 19.8 Å². The van der Waals surface area contributed by atoms with Crippen molar-refractivity contribution in [2.45, 2.75) is 43.1 Å². The highest BCUT2D eigenvalue weighted by molar-refractivity contribution is 5.81. The van der Waals surface area contributed by atoms with Crippen molar-refractivity contribution in [2.75, 3.05) is 26.7 Å². The summed E-state index contributed by atoms with van der Waals surface area (Å²) in [6, 6.07) is 15.7. The number of hydrogen-bond donors (Lipinski definition) is 2. The SMILES string of the molecule is COc1ccc2nc3c(cc2c1)C[C@]1(O)CN(CC2CC2)CC[C@@]1(c1cccc(O)c1)C3. The van der Waals surface area contributed by atoms with Gasteiger partial charge in [0.15, 0.2) is 0 Å². The summed E-state index contributed by atoms with van der Waals surface area (Å²) in [5.41, 5.74) is 2.80. The molecule has 2 aromatic carbocycles. The molecule has 0 radical (unpaired) electrons. The van der Waals surface area contributed by atoms with E-state index in [1.54, 1.807) is 13.2 Å². The highest BCUT2D eigenvalue weighted by atomic mass is 16.5. The van der Waals surface area contributed by atoms with Gasteiger partial charge in [-0.3, -0.25) is 4.98 Å². The van der Waals surface area contributed by atoms with Crippen molar-refractivity contribution in [1.82, 2.24) is 9.88 Å². The standard InChI is InChI=1S/C27H30N2O3/c1-32-23-7-8-24-19(12-23)11-20-14-27(31)17-29(16-18-5-6-18)10-9-26(27,15-25(20)28-24)21-3-2-4-22(30)13-21/h2-4,7-8,11-13,18,30-31H,5-6,9-10,14-17H2,1H3/t26-,27-/m0/s1. The zero-order valence-corrected chi connectivity index (χ0v) is 18.6. The van der Waals surface area contributed by atoms with E-state index in [0.29, 0.717) is 19.4 Å². The Hall–Kier alpha value is -2.63. The Labute approximate surface area is 188 Å². The molecule has 3 aromatic rings. The smallest absolute Gasteiger partial charge is 0.119 e. The summed E-state index contributed by atoms with van der Waals surface area (Å²) < 4.78 is 5.41. The van der Waals surface area contributed by atoms with Gasteiger partial charge in [-0.05, 0) is 79.3 Å². The fourth-order valence-corrected chi connectivity index (χ4v) is 6.07. The van der Waals surface area contributed by atoms with E-state index >= 15 is 0 Å². The van der Waals surface area contributed by atoms with Gasteiger partial charge in [-0.1, -0.05) is 12.1 Å². The number of pyridine rings is 1. The van der Waals surface area contributed by atoms with E-state index in [1.165, 1.54) is 12.8 Å². The van der Waals surface area contributed by atoms with Crippen LogP contribution >= 0.6 is 0 Å². The van der Waals surface area contributed by atoms with Crippen molar-refractivity contribution in [2.24, 2.45) is 5.92 Å². The minimum atomic E-state index is -0.908. The molecule has 1 saturated carbocycles. The number of likely N-dealkylation sites (tertiary alicyclic amines) is 1. The van der Waals surface area contributed by atoms with Crippen LogP contribution in [0.1, 0.15) is 36.1 Å².